The molecular weight excluding hydrogens is 422 g/mol. The predicted molar refractivity (Wildman–Crippen MR) is 126 cm³/mol. The van der Waals surface area contributed by atoms with E-state index >= 15 is 0 Å². The van der Waals surface area contributed by atoms with Crippen molar-refractivity contribution < 1.29 is 13.8 Å². The Morgan fingerprint density at radius 1 is 0.969 bits per heavy atom. The summed E-state index contributed by atoms with van der Waals surface area (Å²) in [6.45, 7) is 3.23. The molecule has 0 bridgehead atoms. The van der Waals surface area contributed by atoms with Crippen LogP contribution in [0, 0.1) is 0 Å². The van der Waals surface area contributed by atoms with Crippen LogP contribution in [0.15, 0.2) is 77.7 Å². The van der Waals surface area contributed by atoms with Crippen LogP contribution in [-0.2, 0) is 27.1 Å². The molecule has 0 aliphatic carbocycles. The van der Waals surface area contributed by atoms with Crippen molar-refractivity contribution in [1.29, 1.82) is 0 Å². The molecule has 0 radical (unpaired) electrons. The summed E-state index contributed by atoms with van der Waals surface area (Å²) in [5, 5.41) is 5.24. The molecule has 6 nitrogen and oxygen atoms in total. The van der Waals surface area contributed by atoms with E-state index in [0.717, 1.165) is 16.3 Å². The van der Waals surface area contributed by atoms with Crippen LogP contribution in [-0.4, -0.2) is 50.9 Å². The maximum atomic E-state index is 13.1. The summed E-state index contributed by atoms with van der Waals surface area (Å²) in [4.78, 5) is 28.0. The molecule has 2 atom stereocenters. The highest BCUT2D eigenvalue weighted by molar-refractivity contribution is 7.82. The summed E-state index contributed by atoms with van der Waals surface area (Å²) in [7, 11) is -1.38. The van der Waals surface area contributed by atoms with Gasteiger partial charge in [-0.3, -0.25) is 9.59 Å². The molecule has 2 unspecified atom stereocenters. The van der Waals surface area contributed by atoms with Crippen molar-refractivity contribution in [1.82, 2.24) is 14.5 Å². The molecule has 1 N–H and O–H groups in total. The first-order valence-corrected chi connectivity index (χ1v) is 11.9. The number of nitrogens with zero attached hydrogens (tertiary/aromatic N) is 2. The Morgan fingerprint density at radius 2 is 1.69 bits per heavy atom. The third-order valence-electron chi connectivity index (χ3n) is 5.73. The Bertz CT molecular complexity index is 1140. The summed E-state index contributed by atoms with van der Waals surface area (Å²) >= 11 is 0. The van der Waals surface area contributed by atoms with Crippen LogP contribution in [0.1, 0.15) is 18.9 Å². The summed E-state index contributed by atoms with van der Waals surface area (Å²) in [6, 6.07) is 22.7. The molecule has 1 saturated heterocycles. The van der Waals surface area contributed by atoms with Gasteiger partial charge in [-0.05, 0) is 34.5 Å². The van der Waals surface area contributed by atoms with Crippen LogP contribution >= 0.6 is 0 Å². The monoisotopic (exact) mass is 449 g/mol. The van der Waals surface area contributed by atoms with E-state index in [4.69, 9.17) is 0 Å². The minimum atomic E-state index is -1.38. The molecule has 7 heteroatoms. The second-order valence-corrected chi connectivity index (χ2v) is 9.29. The van der Waals surface area contributed by atoms with Crippen LogP contribution in [0.2, 0.25) is 0 Å². The molecule has 0 aromatic heterocycles. The van der Waals surface area contributed by atoms with Gasteiger partial charge in [-0.15, -0.1) is 0 Å². The Labute approximate surface area is 190 Å². The van der Waals surface area contributed by atoms with E-state index < -0.39 is 17.0 Å². The maximum Gasteiger partial charge on any atom is 0.244 e. The second-order valence-electron chi connectivity index (χ2n) is 7.81. The van der Waals surface area contributed by atoms with Crippen molar-refractivity contribution in [3.63, 3.8) is 0 Å². The number of hydrogen-bond donors (Lipinski definition) is 1. The molecule has 0 saturated carbocycles. The van der Waals surface area contributed by atoms with Crippen molar-refractivity contribution in [2.75, 3.05) is 19.6 Å². The minimum Gasteiger partial charge on any atom is -0.350 e. The molecule has 2 amide bonds. The Balaban J connectivity index is 1.48. The molecule has 1 aliphatic rings. The van der Waals surface area contributed by atoms with Gasteiger partial charge in [0.05, 0.1) is 4.90 Å². The third-order valence-corrected chi connectivity index (χ3v) is 7.20. The van der Waals surface area contributed by atoms with Gasteiger partial charge in [0.15, 0.2) is 0 Å². The number of fused-ring (bicyclic) bond motifs is 1. The van der Waals surface area contributed by atoms with Crippen molar-refractivity contribution in [3.8, 4) is 0 Å². The van der Waals surface area contributed by atoms with Gasteiger partial charge in [-0.2, -0.15) is 0 Å². The lowest BCUT2D eigenvalue weighted by Crippen LogP contribution is -2.60. The maximum absolute atomic E-state index is 13.1. The van der Waals surface area contributed by atoms with Crippen molar-refractivity contribution >= 4 is 33.6 Å². The van der Waals surface area contributed by atoms with E-state index in [0.29, 0.717) is 31.0 Å². The normalized spacial score (nSPS) is 17.8. The van der Waals surface area contributed by atoms with Crippen LogP contribution < -0.4 is 5.32 Å². The lowest BCUT2D eigenvalue weighted by Gasteiger charge is -2.39. The Morgan fingerprint density at radius 3 is 2.44 bits per heavy atom. The highest BCUT2D eigenvalue weighted by Crippen LogP contribution is 2.19. The predicted octanol–water partition coefficient (Wildman–Crippen LogP) is 3.10. The lowest BCUT2D eigenvalue weighted by atomic mass is 10.1. The van der Waals surface area contributed by atoms with Gasteiger partial charge in [0.25, 0.3) is 0 Å². The van der Waals surface area contributed by atoms with Crippen molar-refractivity contribution in [3.05, 3.63) is 78.4 Å². The van der Waals surface area contributed by atoms with E-state index in [9.17, 15) is 13.8 Å². The van der Waals surface area contributed by atoms with Crippen LogP contribution in [0.25, 0.3) is 10.8 Å². The number of carbonyl (C=O) groups is 2. The first-order valence-electron chi connectivity index (χ1n) is 10.8. The lowest BCUT2D eigenvalue weighted by molar-refractivity contribution is -0.142. The number of amides is 2. The standard InChI is InChI=1S/C25H27N3O3S/c1-2-24(29)28-15-14-27(32(31)22-10-4-3-5-11-22)18-23(28)25(30)26-17-19-12-13-20-8-6-7-9-21(20)16-19/h3-13,16,23H,2,14-15,17-18H2,1H3,(H,26,30). The number of piperazine rings is 1. The van der Waals surface area contributed by atoms with Crippen molar-refractivity contribution in [2.45, 2.75) is 30.8 Å². The van der Waals surface area contributed by atoms with Gasteiger partial charge in [-0.25, -0.2) is 8.51 Å². The molecule has 1 heterocycles. The van der Waals surface area contributed by atoms with Crippen LogP contribution in [0.5, 0.6) is 0 Å². The van der Waals surface area contributed by atoms with E-state index in [1.807, 2.05) is 60.7 Å². The zero-order chi connectivity index (χ0) is 22.5. The Hall–Kier alpha value is -3.03. The zero-order valence-corrected chi connectivity index (χ0v) is 18.9. The topological polar surface area (TPSA) is 69.7 Å². The number of rotatable bonds is 6. The van der Waals surface area contributed by atoms with Crippen LogP contribution in [0.4, 0.5) is 0 Å². The molecular formula is C25H27N3O3S. The molecule has 0 spiro atoms. The zero-order valence-electron chi connectivity index (χ0n) is 18.1. The number of benzene rings is 3. The molecule has 1 aliphatic heterocycles. The van der Waals surface area contributed by atoms with Gasteiger partial charge in [0, 0.05) is 32.6 Å². The first-order chi connectivity index (χ1) is 15.6. The van der Waals surface area contributed by atoms with Crippen molar-refractivity contribution in [2.24, 2.45) is 0 Å². The minimum absolute atomic E-state index is 0.0685. The van der Waals surface area contributed by atoms with Gasteiger partial charge in [-0.1, -0.05) is 61.5 Å². The average molecular weight is 450 g/mol. The number of nitrogens with one attached hydrogen (secondary N) is 1. The van der Waals surface area contributed by atoms with Crippen LogP contribution in [0.3, 0.4) is 0 Å². The van der Waals surface area contributed by atoms with Gasteiger partial charge in [0.1, 0.15) is 17.0 Å². The van der Waals surface area contributed by atoms with E-state index in [2.05, 4.69) is 17.4 Å². The molecule has 3 aromatic rings. The SMILES string of the molecule is CCC(=O)N1CCN(S(=O)c2ccccc2)CC1C(=O)NCc1ccc2ccccc2c1. The fourth-order valence-corrected chi connectivity index (χ4v) is 5.19. The summed E-state index contributed by atoms with van der Waals surface area (Å²) in [5.74, 6) is -0.296. The summed E-state index contributed by atoms with van der Waals surface area (Å²) < 4.78 is 14.8. The van der Waals surface area contributed by atoms with E-state index in [1.54, 1.807) is 16.1 Å². The quantitative estimate of drug-likeness (QED) is 0.629. The fraction of sp³-hybridized carbons (Fsp3) is 0.280. The number of carbonyl (C=O) groups excluding carboxylic acids is 2. The van der Waals surface area contributed by atoms with E-state index in [1.165, 1.54) is 0 Å². The highest BCUT2D eigenvalue weighted by Gasteiger charge is 2.36. The number of hydrogen-bond acceptors (Lipinski definition) is 3. The fourth-order valence-electron chi connectivity index (χ4n) is 3.98. The highest BCUT2D eigenvalue weighted by atomic mass is 32.2. The van der Waals surface area contributed by atoms with Gasteiger partial charge < -0.3 is 10.2 Å². The largest absolute Gasteiger partial charge is 0.350 e. The molecule has 3 aromatic carbocycles. The second kappa shape index (κ2) is 10.1. The van der Waals surface area contributed by atoms with Gasteiger partial charge in [0.2, 0.25) is 11.8 Å². The summed E-state index contributed by atoms with van der Waals surface area (Å²) in [5.41, 5.74) is 0.992. The van der Waals surface area contributed by atoms with E-state index in [-0.39, 0.29) is 18.4 Å². The van der Waals surface area contributed by atoms with Gasteiger partial charge >= 0.3 is 0 Å². The molecule has 166 valence electrons. The smallest absolute Gasteiger partial charge is 0.244 e. The molecule has 32 heavy (non-hydrogen) atoms. The first kappa shape index (κ1) is 22.2. The molecule has 4 rings (SSSR count). The summed E-state index contributed by atoms with van der Waals surface area (Å²) in [6.07, 6.45) is 0.330. The Kier molecular flexibility index (Phi) is 6.97. The average Bonchev–Trinajstić information content (AvgIpc) is 2.86. The molecule has 1 fully saturated rings. The third kappa shape index (κ3) is 4.89.